The normalized spacial score (nSPS) is 16.9. The van der Waals surface area contributed by atoms with Crippen molar-refractivity contribution in [3.63, 3.8) is 0 Å². The smallest absolute Gasteiger partial charge is 0.0316 e. The fourth-order valence-electron chi connectivity index (χ4n) is 4.04. The Hall–Kier alpha value is 0. The molecule has 0 aliphatic heterocycles. The second kappa shape index (κ2) is 6.25. The highest BCUT2D eigenvalue weighted by Gasteiger charge is 2.34. The van der Waals surface area contributed by atoms with Crippen LogP contribution < -0.4 is 0 Å². The Labute approximate surface area is 111 Å². The minimum atomic E-state index is 0.451. The van der Waals surface area contributed by atoms with Gasteiger partial charge in [-0.25, -0.2) is 0 Å². The van der Waals surface area contributed by atoms with E-state index in [1.807, 2.05) is 0 Å². The van der Waals surface area contributed by atoms with Crippen molar-refractivity contribution in [3.8, 4) is 0 Å². The third-order valence-electron chi connectivity index (χ3n) is 3.64. The Morgan fingerprint density at radius 3 is 1.47 bits per heavy atom. The van der Waals surface area contributed by atoms with Crippen molar-refractivity contribution >= 4 is 0 Å². The first-order chi connectivity index (χ1) is 7.54. The van der Waals surface area contributed by atoms with Gasteiger partial charge in [-0.3, -0.25) is 0 Å². The molecule has 0 saturated heterocycles. The molecule has 0 fully saturated rings. The van der Waals surface area contributed by atoms with Crippen molar-refractivity contribution in [1.29, 1.82) is 0 Å². The van der Waals surface area contributed by atoms with E-state index in [1.165, 1.54) is 38.5 Å². The average molecular weight is 240 g/mol. The molecule has 0 rings (SSSR count). The molecule has 0 N–H and O–H groups in total. The van der Waals surface area contributed by atoms with Crippen LogP contribution in [0.1, 0.15) is 93.9 Å². The number of rotatable bonds is 7. The zero-order chi connectivity index (χ0) is 13.7. The molecule has 0 unspecified atom stereocenters. The Kier molecular flexibility index (Phi) is 6.25. The van der Waals surface area contributed by atoms with E-state index in [-0.39, 0.29) is 0 Å². The molecule has 0 aromatic rings. The van der Waals surface area contributed by atoms with Gasteiger partial charge in [0.05, 0.1) is 0 Å². The molecule has 0 bridgehead atoms. The molecule has 0 radical (unpaired) electrons. The van der Waals surface area contributed by atoms with Gasteiger partial charge in [-0.2, -0.15) is 0 Å². The van der Waals surface area contributed by atoms with Gasteiger partial charge in [0.2, 0.25) is 0 Å². The van der Waals surface area contributed by atoms with Crippen molar-refractivity contribution in [1.82, 2.24) is 0 Å². The molecule has 0 saturated carbocycles. The molecular formula is C17H36. The third kappa shape index (κ3) is 7.84. The van der Waals surface area contributed by atoms with E-state index in [0.29, 0.717) is 16.2 Å². The fraction of sp³-hybridized carbons (Fsp3) is 1.00. The van der Waals surface area contributed by atoms with Crippen LogP contribution in [-0.2, 0) is 0 Å². The van der Waals surface area contributed by atoms with Gasteiger partial charge in [0, 0.05) is 0 Å². The minimum Gasteiger partial charge on any atom is -0.0654 e. The van der Waals surface area contributed by atoms with Gasteiger partial charge in [-0.1, -0.05) is 68.2 Å². The maximum atomic E-state index is 2.51. The SMILES string of the molecule is CCCC(C)(C)C[C@@](C)(CCC)CC(C)(C)C. The predicted octanol–water partition coefficient (Wildman–Crippen LogP) is 6.45. The summed E-state index contributed by atoms with van der Waals surface area (Å²) in [5.74, 6) is 0. The summed E-state index contributed by atoms with van der Waals surface area (Å²) in [6, 6.07) is 0. The molecule has 0 aliphatic carbocycles. The Morgan fingerprint density at radius 1 is 0.647 bits per heavy atom. The summed E-state index contributed by atoms with van der Waals surface area (Å²) in [6.45, 7) is 19.2. The maximum Gasteiger partial charge on any atom is -0.0316 e. The van der Waals surface area contributed by atoms with Crippen LogP contribution in [0.5, 0.6) is 0 Å². The average Bonchev–Trinajstić information content (AvgIpc) is 1.96. The molecule has 0 heterocycles. The maximum absolute atomic E-state index is 2.51. The molecule has 0 amide bonds. The van der Waals surface area contributed by atoms with Crippen molar-refractivity contribution in [2.24, 2.45) is 16.2 Å². The lowest BCUT2D eigenvalue weighted by Crippen LogP contribution is -2.30. The molecule has 0 nitrogen and oxygen atoms in total. The number of hydrogen-bond donors (Lipinski definition) is 0. The zero-order valence-corrected chi connectivity index (χ0v) is 13.7. The summed E-state index contributed by atoms with van der Waals surface area (Å²) in [6.07, 6.45) is 8.08. The molecule has 0 aromatic heterocycles. The van der Waals surface area contributed by atoms with Gasteiger partial charge >= 0.3 is 0 Å². The van der Waals surface area contributed by atoms with Crippen LogP contribution >= 0.6 is 0 Å². The Bertz CT molecular complexity index is 207. The van der Waals surface area contributed by atoms with Crippen molar-refractivity contribution in [2.75, 3.05) is 0 Å². The Balaban J connectivity index is 4.71. The largest absolute Gasteiger partial charge is 0.0654 e. The zero-order valence-electron chi connectivity index (χ0n) is 13.7. The molecule has 1 atom stereocenters. The molecular weight excluding hydrogens is 204 g/mol. The summed E-state index contributed by atoms with van der Waals surface area (Å²) in [5, 5.41) is 0. The van der Waals surface area contributed by atoms with Crippen LogP contribution in [0.4, 0.5) is 0 Å². The van der Waals surface area contributed by atoms with E-state index in [0.717, 1.165) is 0 Å². The molecule has 0 heteroatoms. The van der Waals surface area contributed by atoms with Crippen LogP contribution in [0.25, 0.3) is 0 Å². The highest BCUT2D eigenvalue weighted by molar-refractivity contribution is 4.85. The van der Waals surface area contributed by atoms with E-state index in [2.05, 4.69) is 55.4 Å². The van der Waals surface area contributed by atoms with Crippen molar-refractivity contribution in [3.05, 3.63) is 0 Å². The standard InChI is InChI=1S/C17H36/c1-9-11-16(6,7)14-17(8,12-10-2)13-15(3,4)5/h9-14H2,1-8H3/t17-/m0/s1. The molecule has 104 valence electrons. The second-order valence-electron chi connectivity index (χ2n) is 8.39. The van der Waals surface area contributed by atoms with E-state index < -0.39 is 0 Å². The lowest BCUT2D eigenvalue weighted by molar-refractivity contribution is 0.0991. The summed E-state index contributed by atoms with van der Waals surface area (Å²) in [7, 11) is 0. The molecule has 0 aliphatic rings. The lowest BCUT2D eigenvalue weighted by atomic mass is 9.64. The third-order valence-corrected chi connectivity index (χ3v) is 3.64. The van der Waals surface area contributed by atoms with Crippen LogP contribution in [0.2, 0.25) is 0 Å². The van der Waals surface area contributed by atoms with Gasteiger partial charge in [0.25, 0.3) is 0 Å². The van der Waals surface area contributed by atoms with Gasteiger partial charge in [0.1, 0.15) is 0 Å². The fourth-order valence-corrected chi connectivity index (χ4v) is 4.04. The first-order valence-electron chi connectivity index (χ1n) is 7.54. The number of hydrogen-bond acceptors (Lipinski definition) is 0. The second-order valence-corrected chi connectivity index (χ2v) is 8.39. The molecule has 0 aromatic carbocycles. The monoisotopic (exact) mass is 240 g/mol. The van der Waals surface area contributed by atoms with Gasteiger partial charge in [-0.05, 0) is 41.9 Å². The Morgan fingerprint density at radius 2 is 1.12 bits per heavy atom. The van der Waals surface area contributed by atoms with E-state index >= 15 is 0 Å². The van der Waals surface area contributed by atoms with Gasteiger partial charge < -0.3 is 0 Å². The first kappa shape index (κ1) is 17.0. The minimum absolute atomic E-state index is 0.451. The first-order valence-corrected chi connectivity index (χ1v) is 7.54. The van der Waals surface area contributed by atoms with Crippen LogP contribution in [0.15, 0.2) is 0 Å². The van der Waals surface area contributed by atoms with E-state index in [1.54, 1.807) is 0 Å². The van der Waals surface area contributed by atoms with E-state index in [4.69, 9.17) is 0 Å². The summed E-state index contributed by atoms with van der Waals surface area (Å²) < 4.78 is 0. The van der Waals surface area contributed by atoms with Crippen LogP contribution in [0.3, 0.4) is 0 Å². The van der Waals surface area contributed by atoms with Crippen molar-refractivity contribution < 1.29 is 0 Å². The lowest BCUT2D eigenvalue weighted by Gasteiger charge is -2.41. The molecule has 17 heavy (non-hydrogen) atoms. The van der Waals surface area contributed by atoms with E-state index in [9.17, 15) is 0 Å². The van der Waals surface area contributed by atoms with Gasteiger partial charge in [-0.15, -0.1) is 0 Å². The van der Waals surface area contributed by atoms with Gasteiger partial charge in [0.15, 0.2) is 0 Å². The van der Waals surface area contributed by atoms with Crippen molar-refractivity contribution in [2.45, 2.75) is 93.9 Å². The summed E-state index contributed by atoms with van der Waals surface area (Å²) in [5.41, 5.74) is 1.47. The van der Waals surface area contributed by atoms with Crippen LogP contribution in [-0.4, -0.2) is 0 Å². The quantitative estimate of drug-likeness (QED) is 0.480. The highest BCUT2D eigenvalue weighted by Crippen LogP contribution is 2.46. The van der Waals surface area contributed by atoms with Crippen LogP contribution in [0, 0.1) is 16.2 Å². The summed E-state index contributed by atoms with van der Waals surface area (Å²) >= 11 is 0. The summed E-state index contributed by atoms with van der Waals surface area (Å²) in [4.78, 5) is 0. The highest BCUT2D eigenvalue weighted by atomic mass is 14.4. The molecule has 0 spiro atoms. The topological polar surface area (TPSA) is 0 Å². The predicted molar refractivity (Wildman–Crippen MR) is 80.4 cm³/mol.